The molecule has 2 aliphatic heterocycles. The van der Waals surface area contributed by atoms with E-state index >= 15 is 0 Å². The number of hydrogen-bond donors (Lipinski definition) is 1. The number of thioether (sulfide) groups is 1. The Morgan fingerprint density at radius 3 is 2.28 bits per heavy atom. The lowest BCUT2D eigenvalue weighted by Gasteiger charge is -2.47. The first-order valence-corrected chi connectivity index (χ1v) is 15.2. The first-order valence-electron chi connectivity index (χ1n) is 13.2. The average molecular weight is 678 g/mol. The van der Waals surface area contributed by atoms with Crippen molar-refractivity contribution in [3.8, 4) is 0 Å². The van der Waals surface area contributed by atoms with Crippen LogP contribution < -0.4 is 5.32 Å². The molecule has 2 aliphatic rings. The van der Waals surface area contributed by atoms with Gasteiger partial charge < -0.3 is 24.4 Å². The highest BCUT2D eigenvalue weighted by atomic mass is 79.9. The van der Waals surface area contributed by atoms with Gasteiger partial charge in [-0.05, 0) is 35.0 Å². The minimum atomic E-state index is -1.09. The molecule has 2 heterocycles. The Morgan fingerprint density at radius 2 is 1.67 bits per heavy atom. The minimum Gasteiger partial charge on any atom is -0.456 e. The molecule has 2 saturated heterocycles. The van der Waals surface area contributed by atoms with Crippen LogP contribution in [-0.2, 0) is 41.8 Å². The fraction of sp³-hybridized carbons (Fsp3) is 0.357. The van der Waals surface area contributed by atoms with E-state index in [1.54, 1.807) is 12.1 Å². The average Bonchev–Trinajstić information content (AvgIpc) is 3.02. The van der Waals surface area contributed by atoms with E-state index in [-0.39, 0.29) is 29.9 Å². The van der Waals surface area contributed by atoms with Crippen LogP contribution in [0.2, 0.25) is 0 Å². The second-order valence-electron chi connectivity index (χ2n) is 9.45. The van der Waals surface area contributed by atoms with Gasteiger partial charge in [0.05, 0.1) is 23.8 Å². The molecule has 43 heavy (non-hydrogen) atoms. The van der Waals surface area contributed by atoms with Crippen molar-refractivity contribution in [2.75, 3.05) is 31.6 Å². The van der Waals surface area contributed by atoms with Crippen molar-refractivity contribution >= 4 is 56.5 Å². The molecule has 2 unspecified atom stereocenters. The third-order valence-electron chi connectivity index (χ3n) is 6.56. The normalized spacial score (nSPS) is 18.7. The molecule has 228 valence electrons. The molecule has 15 heteroatoms. The molecule has 1 N–H and O–H groups in total. The lowest BCUT2D eigenvalue weighted by Crippen LogP contribution is -2.70. The van der Waals surface area contributed by atoms with Crippen LogP contribution in [0.5, 0.6) is 0 Å². The van der Waals surface area contributed by atoms with Gasteiger partial charge in [-0.1, -0.05) is 46.3 Å². The maximum Gasteiger partial charge on any atom is 0.369 e. The summed E-state index contributed by atoms with van der Waals surface area (Å²) in [6, 6.07) is 13.5. The molecule has 0 aliphatic carbocycles. The lowest BCUT2D eigenvalue weighted by molar-refractivity contribution is -0.384. The number of nitrogens with zero attached hydrogens (tertiary/aromatic N) is 3. The van der Waals surface area contributed by atoms with Crippen LogP contribution in [0.1, 0.15) is 18.1 Å². The van der Waals surface area contributed by atoms with Crippen molar-refractivity contribution in [2.45, 2.75) is 31.6 Å². The molecular weight excluding hydrogens is 648 g/mol. The zero-order valence-electron chi connectivity index (χ0n) is 23.1. The number of ether oxygens (including phenoxy) is 3. The molecule has 0 saturated carbocycles. The number of rotatable bonds is 11. The maximum atomic E-state index is 13.7. The Morgan fingerprint density at radius 1 is 1.05 bits per heavy atom. The summed E-state index contributed by atoms with van der Waals surface area (Å²) in [5, 5.41) is 12.0. The van der Waals surface area contributed by atoms with Crippen molar-refractivity contribution in [1.82, 2.24) is 15.1 Å². The lowest BCUT2D eigenvalue weighted by atomic mass is 10.0. The zero-order chi connectivity index (χ0) is 30.9. The van der Waals surface area contributed by atoms with E-state index in [1.165, 1.54) is 31.2 Å². The molecule has 0 bridgehead atoms. The topological polar surface area (TPSA) is 158 Å². The Bertz CT molecular complexity index is 1380. The summed E-state index contributed by atoms with van der Waals surface area (Å²) in [7, 11) is 0. The summed E-state index contributed by atoms with van der Waals surface area (Å²) >= 11 is 4.11. The highest BCUT2D eigenvalue weighted by Gasteiger charge is 2.54. The van der Waals surface area contributed by atoms with Gasteiger partial charge in [0.15, 0.2) is 5.70 Å². The van der Waals surface area contributed by atoms with Crippen LogP contribution in [0.4, 0.5) is 10.5 Å². The summed E-state index contributed by atoms with van der Waals surface area (Å²) in [4.78, 5) is 65.5. The zero-order valence-corrected chi connectivity index (χ0v) is 25.5. The van der Waals surface area contributed by atoms with Crippen molar-refractivity contribution in [3.63, 3.8) is 0 Å². The van der Waals surface area contributed by atoms with Gasteiger partial charge in [0.25, 0.3) is 11.6 Å². The van der Waals surface area contributed by atoms with Crippen LogP contribution >= 0.6 is 27.7 Å². The van der Waals surface area contributed by atoms with Gasteiger partial charge in [-0.3, -0.25) is 24.6 Å². The number of nitro benzene ring substituents is 1. The number of esters is 1. The molecule has 0 radical (unpaired) electrons. The SMILES string of the molecule is CC(=O)NC1C(=O)N(C(C(=O)OCc2ccc([N+](=O)[O-])cc2)=C(CBr)N2CCOCC2)C1SC(=O)OCc1ccccc1. The maximum absolute atomic E-state index is 13.7. The van der Waals surface area contributed by atoms with Gasteiger partial charge in [-0.2, -0.15) is 0 Å². The van der Waals surface area contributed by atoms with Gasteiger partial charge in [0.2, 0.25) is 5.91 Å². The highest BCUT2D eigenvalue weighted by Crippen LogP contribution is 2.37. The van der Waals surface area contributed by atoms with Crippen molar-refractivity contribution in [2.24, 2.45) is 0 Å². The number of non-ortho nitro benzene ring substituents is 1. The first-order chi connectivity index (χ1) is 20.7. The number of morpholine rings is 1. The number of amides is 2. The number of β-lactam (4-membered cyclic amide) rings is 1. The number of benzene rings is 2. The predicted octanol–water partition coefficient (Wildman–Crippen LogP) is 3.32. The van der Waals surface area contributed by atoms with Crippen molar-refractivity contribution in [3.05, 3.63) is 87.2 Å². The Labute approximate surface area is 259 Å². The molecule has 2 atom stereocenters. The van der Waals surface area contributed by atoms with Gasteiger partial charge >= 0.3 is 11.3 Å². The molecular formula is C28H29BrN4O9S. The number of hydrogen-bond acceptors (Lipinski definition) is 11. The van der Waals surface area contributed by atoms with Crippen LogP contribution in [0.3, 0.4) is 0 Å². The number of carbonyl (C=O) groups is 4. The highest BCUT2D eigenvalue weighted by molar-refractivity contribution is 9.09. The van der Waals surface area contributed by atoms with Gasteiger partial charge in [0, 0.05) is 37.5 Å². The third kappa shape index (κ3) is 8.12. The Hall–Kier alpha value is -3.95. The number of likely N-dealkylation sites (tertiary alicyclic amines) is 1. The quantitative estimate of drug-likeness (QED) is 0.0929. The first kappa shape index (κ1) is 32.0. The molecule has 0 spiro atoms. The Kier molecular flexibility index (Phi) is 11.1. The molecule has 0 aromatic heterocycles. The number of halogens is 1. The van der Waals surface area contributed by atoms with Crippen molar-refractivity contribution in [1.29, 1.82) is 0 Å². The van der Waals surface area contributed by atoms with Gasteiger partial charge in [-0.15, -0.1) is 0 Å². The monoisotopic (exact) mass is 676 g/mol. The molecule has 2 amide bonds. The largest absolute Gasteiger partial charge is 0.456 e. The smallest absolute Gasteiger partial charge is 0.369 e. The van der Waals surface area contributed by atoms with Crippen LogP contribution in [-0.4, -0.2) is 80.9 Å². The molecule has 4 rings (SSSR count). The summed E-state index contributed by atoms with van der Waals surface area (Å²) in [5.74, 6) is -1.93. The van der Waals surface area contributed by atoms with E-state index in [4.69, 9.17) is 14.2 Å². The van der Waals surface area contributed by atoms with Crippen LogP contribution in [0.25, 0.3) is 0 Å². The van der Waals surface area contributed by atoms with Crippen LogP contribution in [0.15, 0.2) is 66.0 Å². The van der Waals surface area contributed by atoms with E-state index in [9.17, 15) is 29.3 Å². The van der Waals surface area contributed by atoms with E-state index in [0.29, 0.717) is 49.3 Å². The predicted molar refractivity (Wildman–Crippen MR) is 159 cm³/mol. The number of nitro groups is 1. The van der Waals surface area contributed by atoms with Crippen LogP contribution in [0, 0.1) is 10.1 Å². The Balaban J connectivity index is 1.61. The fourth-order valence-corrected chi connectivity index (χ4v) is 6.02. The minimum absolute atomic E-state index is 0.00144. The van der Waals surface area contributed by atoms with E-state index < -0.39 is 39.4 Å². The number of allylic oxidation sites excluding steroid dienone is 1. The van der Waals surface area contributed by atoms with E-state index in [1.807, 2.05) is 23.1 Å². The second kappa shape index (κ2) is 15.0. The third-order valence-corrected chi connectivity index (χ3v) is 8.13. The summed E-state index contributed by atoms with van der Waals surface area (Å²) in [6.45, 7) is 2.69. The molecule has 2 fully saturated rings. The van der Waals surface area contributed by atoms with Gasteiger partial charge in [0.1, 0.15) is 24.6 Å². The number of nitrogens with one attached hydrogen (secondary N) is 1. The van der Waals surface area contributed by atoms with Gasteiger partial charge in [-0.25, -0.2) is 9.59 Å². The fourth-order valence-electron chi connectivity index (χ4n) is 4.44. The standard InChI is InChI=1S/C28H29BrN4O9S/c1-18(34)30-23-25(35)32(26(23)43-28(37)42-17-19-5-3-2-4-6-19)24(22(15-29)31-11-13-40-14-12-31)27(36)41-16-20-7-9-21(10-8-20)33(38)39/h2-10,23,26H,11-17H2,1H3,(H,30,34). The van der Waals surface area contributed by atoms with E-state index in [0.717, 1.165) is 10.5 Å². The van der Waals surface area contributed by atoms with E-state index in [2.05, 4.69) is 21.2 Å². The molecule has 2 aromatic rings. The molecule has 2 aromatic carbocycles. The number of alkyl halides is 1. The number of carbonyl (C=O) groups excluding carboxylic acids is 4. The summed E-state index contributed by atoms with van der Waals surface area (Å²) in [5.41, 5.74) is 1.49. The molecule has 13 nitrogen and oxygen atoms in total. The summed E-state index contributed by atoms with van der Waals surface area (Å²) in [6.07, 6.45) is 0. The van der Waals surface area contributed by atoms with Crippen molar-refractivity contribution < 1.29 is 38.3 Å². The second-order valence-corrected chi connectivity index (χ2v) is 11.1. The summed E-state index contributed by atoms with van der Waals surface area (Å²) < 4.78 is 16.4.